The normalized spacial score (nSPS) is 11.3. The van der Waals surface area contributed by atoms with E-state index in [1.54, 1.807) is 0 Å². The van der Waals surface area contributed by atoms with Gasteiger partial charge < -0.3 is 0 Å². The Bertz CT molecular complexity index is 593. The molecule has 0 aliphatic heterocycles. The van der Waals surface area contributed by atoms with Crippen molar-refractivity contribution >= 4 is 21.8 Å². The first-order chi connectivity index (χ1) is 8.92. The largest absolute Gasteiger partial charge is 0.229 e. The molecule has 0 unspecified atom stereocenters. The van der Waals surface area contributed by atoms with Crippen LogP contribution >= 0.6 is 11.8 Å². The summed E-state index contributed by atoms with van der Waals surface area (Å²) in [5, 5.41) is 22.7. The third kappa shape index (κ3) is 4.45. The SMILES string of the molecule is CCc1nnc(SCCS(N)(=O)=O)c(C#N)c1CC. The molecule has 0 spiro atoms. The van der Waals surface area contributed by atoms with Crippen molar-refractivity contribution in [3.05, 3.63) is 16.8 Å². The maximum Gasteiger partial charge on any atom is 0.209 e. The van der Waals surface area contributed by atoms with Crippen molar-refractivity contribution in [3.8, 4) is 6.07 Å². The van der Waals surface area contributed by atoms with Crippen LogP contribution in [0.1, 0.15) is 30.7 Å². The molecule has 1 heterocycles. The van der Waals surface area contributed by atoms with Crippen molar-refractivity contribution in [2.75, 3.05) is 11.5 Å². The molecule has 0 saturated carbocycles. The van der Waals surface area contributed by atoms with E-state index in [1.165, 1.54) is 11.8 Å². The smallest absolute Gasteiger partial charge is 0.209 e. The van der Waals surface area contributed by atoms with Gasteiger partial charge in [-0.3, -0.25) is 0 Å². The van der Waals surface area contributed by atoms with E-state index in [0.717, 1.165) is 11.3 Å². The first-order valence-electron chi connectivity index (χ1n) is 5.84. The maximum atomic E-state index is 10.9. The number of aromatic nitrogens is 2. The fraction of sp³-hybridized carbons (Fsp3) is 0.545. The van der Waals surface area contributed by atoms with E-state index in [0.29, 0.717) is 23.4 Å². The van der Waals surface area contributed by atoms with Crippen LogP contribution in [-0.4, -0.2) is 30.1 Å². The van der Waals surface area contributed by atoms with Crippen LogP contribution in [0.25, 0.3) is 0 Å². The molecular formula is C11H16N4O2S2. The van der Waals surface area contributed by atoms with E-state index in [9.17, 15) is 13.7 Å². The number of primary sulfonamides is 1. The zero-order chi connectivity index (χ0) is 14.5. The number of rotatable bonds is 6. The molecule has 0 aromatic carbocycles. The molecular weight excluding hydrogens is 284 g/mol. The van der Waals surface area contributed by atoms with Gasteiger partial charge in [-0.25, -0.2) is 13.6 Å². The molecule has 1 rings (SSSR count). The Balaban J connectivity index is 2.99. The molecule has 6 nitrogen and oxygen atoms in total. The van der Waals surface area contributed by atoms with Crippen LogP contribution in [0, 0.1) is 11.3 Å². The van der Waals surface area contributed by atoms with Gasteiger partial charge in [-0.1, -0.05) is 13.8 Å². The number of aryl methyl sites for hydroxylation is 1. The van der Waals surface area contributed by atoms with Crippen LogP contribution in [0.4, 0.5) is 0 Å². The second-order valence-corrected chi connectivity index (χ2v) is 6.66. The summed E-state index contributed by atoms with van der Waals surface area (Å²) < 4.78 is 21.7. The Morgan fingerprint density at radius 2 is 2.00 bits per heavy atom. The van der Waals surface area contributed by atoms with Crippen molar-refractivity contribution in [2.24, 2.45) is 5.14 Å². The summed E-state index contributed by atoms with van der Waals surface area (Å²) in [6.45, 7) is 3.91. The number of hydrogen-bond acceptors (Lipinski definition) is 6. The van der Waals surface area contributed by atoms with Crippen LogP contribution in [0.15, 0.2) is 5.03 Å². The molecule has 0 amide bonds. The molecule has 0 atom stereocenters. The van der Waals surface area contributed by atoms with E-state index in [1.807, 2.05) is 13.8 Å². The molecule has 8 heteroatoms. The molecule has 0 fully saturated rings. The number of thioether (sulfide) groups is 1. The van der Waals surface area contributed by atoms with E-state index >= 15 is 0 Å². The predicted molar refractivity (Wildman–Crippen MR) is 74.2 cm³/mol. The van der Waals surface area contributed by atoms with Crippen LogP contribution in [0.5, 0.6) is 0 Å². The van der Waals surface area contributed by atoms with Gasteiger partial charge in [-0.15, -0.1) is 16.9 Å². The summed E-state index contributed by atoms with van der Waals surface area (Å²) in [4.78, 5) is 0. The predicted octanol–water partition coefficient (Wildman–Crippen LogP) is 0.854. The van der Waals surface area contributed by atoms with Crippen molar-refractivity contribution < 1.29 is 8.42 Å². The summed E-state index contributed by atoms with van der Waals surface area (Å²) in [6, 6.07) is 2.13. The van der Waals surface area contributed by atoms with E-state index in [-0.39, 0.29) is 11.5 Å². The Hall–Kier alpha value is -1.17. The molecule has 1 aromatic rings. The highest BCUT2D eigenvalue weighted by Gasteiger charge is 2.15. The minimum absolute atomic E-state index is 0.152. The quantitative estimate of drug-likeness (QED) is 0.780. The molecule has 0 aliphatic rings. The molecule has 0 bridgehead atoms. The summed E-state index contributed by atoms with van der Waals surface area (Å²) in [7, 11) is -3.49. The Labute approximate surface area is 117 Å². The standard InChI is InChI=1S/C11H16N4O2S2/c1-3-8-9(7-12)11(15-14-10(8)4-2)18-5-6-19(13,16)17/h3-6H2,1-2H3,(H2,13,16,17). The van der Waals surface area contributed by atoms with Crippen LogP contribution in [0.2, 0.25) is 0 Å². The molecule has 0 aliphatic carbocycles. The zero-order valence-electron chi connectivity index (χ0n) is 10.9. The van der Waals surface area contributed by atoms with Crippen molar-refractivity contribution in [1.29, 1.82) is 5.26 Å². The molecule has 2 N–H and O–H groups in total. The number of nitrogens with zero attached hydrogens (tertiary/aromatic N) is 3. The van der Waals surface area contributed by atoms with Gasteiger partial charge >= 0.3 is 0 Å². The minimum Gasteiger partial charge on any atom is -0.229 e. The Kier molecular flexibility index (Phi) is 5.72. The number of nitrogens with two attached hydrogens (primary N) is 1. The highest BCUT2D eigenvalue weighted by molar-refractivity contribution is 8.00. The average Bonchev–Trinajstić information content (AvgIpc) is 2.36. The highest BCUT2D eigenvalue weighted by Crippen LogP contribution is 2.24. The van der Waals surface area contributed by atoms with Crippen LogP contribution in [-0.2, 0) is 22.9 Å². The Morgan fingerprint density at radius 3 is 2.47 bits per heavy atom. The third-order valence-electron chi connectivity index (χ3n) is 2.53. The van der Waals surface area contributed by atoms with Gasteiger partial charge in [0.2, 0.25) is 10.0 Å². The van der Waals surface area contributed by atoms with Gasteiger partial charge in [0.1, 0.15) is 11.1 Å². The van der Waals surface area contributed by atoms with Gasteiger partial charge in [0.15, 0.2) is 0 Å². The summed E-state index contributed by atoms with van der Waals surface area (Å²) in [5.74, 6) is 0.109. The van der Waals surface area contributed by atoms with Crippen LogP contribution in [0.3, 0.4) is 0 Å². The van der Waals surface area contributed by atoms with Gasteiger partial charge in [0, 0.05) is 5.75 Å². The van der Waals surface area contributed by atoms with Crippen molar-refractivity contribution in [3.63, 3.8) is 0 Å². The first-order valence-corrected chi connectivity index (χ1v) is 8.54. The van der Waals surface area contributed by atoms with Crippen molar-refractivity contribution in [1.82, 2.24) is 10.2 Å². The molecule has 1 aromatic heterocycles. The lowest BCUT2D eigenvalue weighted by atomic mass is 10.1. The van der Waals surface area contributed by atoms with Gasteiger partial charge in [0.25, 0.3) is 0 Å². The number of nitriles is 1. The lowest BCUT2D eigenvalue weighted by Crippen LogP contribution is -2.18. The second kappa shape index (κ2) is 6.84. The minimum atomic E-state index is -3.49. The van der Waals surface area contributed by atoms with E-state index in [4.69, 9.17) is 5.14 Å². The summed E-state index contributed by atoms with van der Waals surface area (Å²) in [6.07, 6.45) is 1.41. The van der Waals surface area contributed by atoms with Crippen molar-refractivity contribution in [2.45, 2.75) is 31.7 Å². The van der Waals surface area contributed by atoms with Crippen LogP contribution < -0.4 is 5.14 Å². The summed E-state index contributed by atoms with van der Waals surface area (Å²) in [5.41, 5.74) is 2.20. The van der Waals surface area contributed by atoms with Gasteiger partial charge in [0.05, 0.1) is 17.0 Å². The molecule has 0 saturated heterocycles. The number of sulfonamides is 1. The maximum absolute atomic E-state index is 10.9. The summed E-state index contributed by atoms with van der Waals surface area (Å²) >= 11 is 1.19. The number of hydrogen-bond donors (Lipinski definition) is 1. The lowest BCUT2D eigenvalue weighted by molar-refractivity contribution is 0.599. The molecule has 19 heavy (non-hydrogen) atoms. The Morgan fingerprint density at radius 1 is 1.32 bits per heavy atom. The third-order valence-corrected chi connectivity index (χ3v) is 4.53. The topological polar surface area (TPSA) is 110 Å². The second-order valence-electron chi connectivity index (χ2n) is 3.84. The monoisotopic (exact) mass is 300 g/mol. The van der Waals surface area contributed by atoms with E-state index in [2.05, 4.69) is 16.3 Å². The highest BCUT2D eigenvalue weighted by atomic mass is 32.2. The van der Waals surface area contributed by atoms with Gasteiger partial charge in [-0.2, -0.15) is 10.4 Å². The van der Waals surface area contributed by atoms with Gasteiger partial charge in [-0.05, 0) is 18.4 Å². The first kappa shape index (κ1) is 15.9. The zero-order valence-corrected chi connectivity index (χ0v) is 12.5. The lowest BCUT2D eigenvalue weighted by Gasteiger charge is -2.09. The van der Waals surface area contributed by atoms with E-state index < -0.39 is 10.0 Å². The molecule has 0 radical (unpaired) electrons. The fourth-order valence-corrected chi connectivity index (χ4v) is 3.49. The molecule has 104 valence electrons. The fourth-order valence-electron chi connectivity index (χ4n) is 1.63. The average molecular weight is 300 g/mol.